The molecule has 2 aromatic heterocycles. The molecule has 1 aromatic carbocycles. The molecular weight excluding hydrogens is 440 g/mol. The first-order chi connectivity index (χ1) is 16.1. The number of pyridine rings is 1. The minimum Gasteiger partial charge on any atom is -0.497 e. The van der Waals surface area contributed by atoms with Crippen molar-refractivity contribution in [3.63, 3.8) is 0 Å². The van der Waals surface area contributed by atoms with E-state index in [1.165, 1.54) is 11.3 Å². The second-order valence-corrected chi connectivity index (χ2v) is 8.40. The summed E-state index contributed by atoms with van der Waals surface area (Å²) in [7, 11) is 1.62. The first-order valence-corrected chi connectivity index (χ1v) is 11.5. The second-order valence-electron chi connectivity index (χ2n) is 7.54. The number of hydrogen-bond donors (Lipinski definition) is 2. The number of hydrogen-bond acceptors (Lipinski definition) is 7. The second kappa shape index (κ2) is 10.8. The lowest BCUT2D eigenvalue weighted by Crippen LogP contribution is -2.50. The van der Waals surface area contributed by atoms with Crippen LogP contribution in [0, 0.1) is 0 Å². The van der Waals surface area contributed by atoms with Gasteiger partial charge in [-0.2, -0.15) is 0 Å². The van der Waals surface area contributed by atoms with Crippen LogP contribution in [-0.4, -0.2) is 60.1 Å². The van der Waals surface area contributed by atoms with E-state index < -0.39 is 0 Å². The number of nitrogens with zero attached hydrogens (tertiary/aromatic N) is 4. The van der Waals surface area contributed by atoms with Gasteiger partial charge in [0.15, 0.2) is 5.13 Å². The Labute approximate surface area is 196 Å². The summed E-state index contributed by atoms with van der Waals surface area (Å²) in [5.74, 6) is 1.57. The molecule has 2 N–H and O–H groups in total. The van der Waals surface area contributed by atoms with E-state index >= 15 is 0 Å². The van der Waals surface area contributed by atoms with Crippen LogP contribution in [0.15, 0.2) is 54.0 Å². The molecule has 0 saturated carbocycles. The Hall–Kier alpha value is -3.66. The molecule has 10 heteroatoms. The van der Waals surface area contributed by atoms with Gasteiger partial charge in [0, 0.05) is 44.3 Å². The van der Waals surface area contributed by atoms with E-state index in [-0.39, 0.29) is 18.4 Å². The predicted molar refractivity (Wildman–Crippen MR) is 128 cm³/mol. The van der Waals surface area contributed by atoms with Crippen LogP contribution in [-0.2, 0) is 17.8 Å². The maximum atomic E-state index is 12.6. The Kier molecular flexibility index (Phi) is 7.36. The normalized spacial score (nSPS) is 13.5. The van der Waals surface area contributed by atoms with E-state index in [1.54, 1.807) is 23.6 Å². The summed E-state index contributed by atoms with van der Waals surface area (Å²) in [6.45, 7) is 3.09. The lowest BCUT2D eigenvalue weighted by molar-refractivity contribution is -0.120. The highest BCUT2D eigenvalue weighted by Crippen LogP contribution is 2.18. The number of rotatable bonds is 7. The molecule has 1 fully saturated rings. The van der Waals surface area contributed by atoms with Crippen molar-refractivity contribution in [2.45, 2.75) is 13.0 Å². The Morgan fingerprint density at radius 2 is 1.88 bits per heavy atom. The maximum absolute atomic E-state index is 12.6. The van der Waals surface area contributed by atoms with Gasteiger partial charge in [-0.05, 0) is 29.8 Å². The van der Waals surface area contributed by atoms with Crippen LogP contribution in [0.3, 0.4) is 0 Å². The van der Waals surface area contributed by atoms with Crippen molar-refractivity contribution >= 4 is 34.2 Å². The number of ether oxygens (including phenoxy) is 1. The molecule has 0 bridgehead atoms. The van der Waals surface area contributed by atoms with Crippen molar-refractivity contribution < 1.29 is 14.3 Å². The summed E-state index contributed by atoms with van der Waals surface area (Å²) in [6.07, 6.45) is 1.93. The number of piperazine rings is 1. The predicted octanol–water partition coefficient (Wildman–Crippen LogP) is 2.76. The SMILES string of the molecule is COc1ccc(CNC(=O)Cc2csc(NC(=O)N3CCN(c4ccccn4)CC3)n2)cc1. The van der Waals surface area contributed by atoms with Gasteiger partial charge in [0.2, 0.25) is 5.91 Å². The van der Waals surface area contributed by atoms with Crippen LogP contribution < -0.4 is 20.3 Å². The molecule has 0 atom stereocenters. The average Bonchev–Trinajstić information content (AvgIpc) is 3.30. The molecule has 172 valence electrons. The minimum atomic E-state index is -0.180. The van der Waals surface area contributed by atoms with E-state index in [0.717, 1.165) is 30.2 Å². The van der Waals surface area contributed by atoms with Crippen LogP contribution in [0.25, 0.3) is 0 Å². The van der Waals surface area contributed by atoms with Crippen molar-refractivity contribution in [2.24, 2.45) is 0 Å². The zero-order valence-electron chi connectivity index (χ0n) is 18.4. The topological polar surface area (TPSA) is 99.7 Å². The lowest BCUT2D eigenvalue weighted by atomic mass is 10.2. The number of aromatic nitrogens is 2. The fourth-order valence-electron chi connectivity index (χ4n) is 3.47. The van der Waals surface area contributed by atoms with E-state index in [9.17, 15) is 9.59 Å². The van der Waals surface area contributed by atoms with Crippen LogP contribution >= 0.6 is 11.3 Å². The van der Waals surface area contributed by atoms with Gasteiger partial charge in [0.1, 0.15) is 11.6 Å². The minimum absolute atomic E-state index is 0.125. The van der Waals surface area contributed by atoms with E-state index in [0.29, 0.717) is 30.5 Å². The molecular formula is C23H26N6O3S. The number of urea groups is 1. The number of methoxy groups -OCH3 is 1. The standard InChI is InChI=1S/C23H26N6O3S/c1-32-19-7-5-17(6-8-19)15-25-21(30)14-18-16-33-22(26-18)27-23(31)29-12-10-28(11-13-29)20-4-2-3-9-24-20/h2-9,16H,10-15H2,1H3,(H,25,30)(H,26,27,31). The molecule has 0 spiro atoms. The molecule has 1 saturated heterocycles. The Bertz CT molecular complexity index is 1070. The first kappa shape index (κ1) is 22.5. The number of nitrogens with one attached hydrogen (secondary N) is 2. The van der Waals surface area contributed by atoms with Crippen LogP contribution in [0.1, 0.15) is 11.3 Å². The number of amides is 3. The van der Waals surface area contributed by atoms with Crippen molar-refractivity contribution in [3.8, 4) is 5.75 Å². The Morgan fingerprint density at radius 1 is 1.09 bits per heavy atom. The van der Waals surface area contributed by atoms with Crippen molar-refractivity contribution in [2.75, 3.05) is 43.5 Å². The number of carbonyl (C=O) groups excluding carboxylic acids is 2. The fraction of sp³-hybridized carbons (Fsp3) is 0.304. The van der Waals surface area contributed by atoms with Crippen molar-refractivity contribution in [3.05, 3.63) is 65.3 Å². The first-order valence-electron chi connectivity index (χ1n) is 10.7. The molecule has 1 aliphatic rings. The monoisotopic (exact) mass is 466 g/mol. The van der Waals surface area contributed by atoms with E-state index in [1.807, 2.05) is 42.5 Å². The fourth-order valence-corrected chi connectivity index (χ4v) is 4.17. The summed E-state index contributed by atoms with van der Waals surface area (Å²) in [5.41, 5.74) is 1.61. The van der Waals surface area contributed by atoms with Crippen molar-refractivity contribution in [1.82, 2.24) is 20.2 Å². The largest absolute Gasteiger partial charge is 0.497 e. The van der Waals surface area contributed by atoms with Gasteiger partial charge in [0.25, 0.3) is 0 Å². The van der Waals surface area contributed by atoms with Crippen LogP contribution in [0.2, 0.25) is 0 Å². The van der Waals surface area contributed by atoms with Crippen LogP contribution in [0.5, 0.6) is 5.75 Å². The van der Waals surface area contributed by atoms with Gasteiger partial charge in [-0.3, -0.25) is 10.1 Å². The van der Waals surface area contributed by atoms with Gasteiger partial charge < -0.3 is 19.9 Å². The van der Waals surface area contributed by atoms with E-state index in [4.69, 9.17) is 4.74 Å². The number of carbonyl (C=O) groups is 2. The van der Waals surface area contributed by atoms with Gasteiger partial charge in [-0.15, -0.1) is 11.3 Å². The van der Waals surface area contributed by atoms with Crippen molar-refractivity contribution in [1.29, 1.82) is 0 Å². The van der Waals surface area contributed by atoms with Gasteiger partial charge in [-0.1, -0.05) is 18.2 Å². The summed E-state index contributed by atoms with van der Waals surface area (Å²) in [4.78, 5) is 37.5. The molecule has 0 unspecified atom stereocenters. The number of anilines is 2. The molecule has 3 heterocycles. The number of thiazole rings is 1. The molecule has 3 aromatic rings. The molecule has 1 aliphatic heterocycles. The molecule has 4 rings (SSSR count). The smallest absolute Gasteiger partial charge is 0.323 e. The summed E-state index contributed by atoms with van der Waals surface area (Å²) in [5, 5.41) is 8.01. The van der Waals surface area contributed by atoms with Gasteiger partial charge in [0.05, 0.1) is 19.2 Å². The molecule has 0 aliphatic carbocycles. The molecule has 3 amide bonds. The average molecular weight is 467 g/mol. The third-order valence-electron chi connectivity index (χ3n) is 5.30. The third kappa shape index (κ3) is 6.19. The quantitative estimate of drug-likeness (QED) is 0.556. The summed E-state index contributed by atoms with van der Waals surface area (Å²) >= 11 is 1.32. The molecule has 0 radical (unpaired) electrons. The zero-order valence-corrected chi connectivity index (χ0v) is 19.2. The lowest BCUT2D eigenvalue weighted by Gasteiger charge is -2.35. The Balaban J connectivity index is 1.21. The summed E-state index contributed by atoms with van der Waals surface area (Å²) in [6, 6.07) is 13.2. The zero-order chi connectivity index (χ0) is 23.0. The highest BCUT2D eigenvalue weighted by Gasteiger charge is 2.22. The highest BCUT2D eigenvalue weighted by atomic mass is 32.1. The Morgan fingerprint density at radius 3 is 2.58 bits per heavy atom. The van der Waals surface area contributed by atoms with Crippen LogP contribution in [0.4, 0.5) is 15.7 Å². The molecule has 9 nitrogen and oxygen atoms in total. The third-order valence-corrected chi connectivity index (χ3v) is 6.10. The van der Waals surface area contributed by atoms with Gasteiger partial charge in [-0.25, -0.2) is 14.8 Å². The van der Waals surface area contributed by atoms with Gasteiger partial charge >= 0.3 is 6.03 Å². The van der Waals surface area contributed by atoms with E-state index in [2.05, 4.69) is 25.5 Å². The number of benzene rings is 1. The highest BCUT2D eigenvalue weighted by molar-refractivity contribution is 7.13. The molecule has 33 heavy (non-hydrogen) atoms. The maximum Gasteiger partial charge on any atom is 0.323 e. The summed E-state index contributed by atoms with van der Waals surface area (Å²) < 4.78 is 5.13.